The molecule has 1 amide bonds. The van der Waals surface area contributed by atoms with Crippen LogP contribution in [0.3, 0.4) is 0 Å². The van der Waals surface area contributed by atoms with Gasteiger partial charge in [-0.3, -0.25) is 9.89 Å². The van der Waals surface area contributed by atoms with E-state index >= 15 is 0 Å². The summed E-state index contributed by atoms with van der Waals surface area (Å²) in [6, 6.07) is 12.9. The van der Waals surface area contributed by atoms with E-state index in [1.807, 2.05) is 51.1 Å². The maximum Gasteiger partial charge on any atom is 0.255 e. The number of rotatable bonds is 8. The first-order valence-corrected chi connectivity index (χ1v) is 10.6. The average molecular weight is 421 g/mol. The second-order valence-electron chi connectivity index (χ2n) is 7.94. The Hall–Kier alpha value is -3.32. The normalized spacial score (nSPS) is 12.5. The number of amides is 1. The molecular formula is C24H27N3O4. The van der Waals surface area contributed by atoms with E-state index in [1.165, 1.54) is 0 Å². The van der Waals surface area contributed by atoms with Crippen molar-refractivity contribution in [2.75, 3.05) is 13.2 Å². The fraction of sp³-hybridized carbons (Fsp3) is 0.333. The fourth-order valence-electron chi connectivity index (χ4n) is 3.56. The van der Waals surface area contributed by atoms with Crippen molar-refractivity contribution in [2.45, 2.75) is 33.2 Å². The Morgan fingerprint density at radius 2 is 2.06 bits per heavy atom. The Morgan fingerprint density at radius 1 is 1.26 bits per heavy atom. The van der Waals surface area contributed by atoms with Crippen LogP contribution in [0.2, 0.25) is 0 Å². The first kappa shape index (κ1) is 20.9. The number of carbonyl (C=O) groups is 1. The quantitative estimate of drug-likeness (QED) is 0.389. The van der Waals surface area contributed by atoms with Crippen molar-refractivity contribution >= 4 is 27.8 Å². The molecule has 0 aliphatic heterocycles. The van der Waals surface area contributed by atoms with Gasteiger partial charge in [0.1, 0.15) is 17.0 Å². The SMILES string of the molecule is CCCOc1c(C(=O)N[C@H](CO)C(C)C)ccc2n[nH]c(-c3cc4ccccc4o3)c12. The number of furan rings is 1. The number of ether oxygens (including phenoxy) is 1. The Balaban J connectivity index is 1.84. The highest BCUT2D eigenvalue weighted by Gasteiger charge is 2.24. The van der Waals surface area contributed by atoms with Crippen LogP contribution in [0.15, 0.2) is 46.9 Å². The minimum absolute atomic E-state index is 0.0951. The standard InChI is InChI=1S/C24H27N3O4/c1-4-11-30-23-16(24(29)25-18(13-28)14(2)3)9-10-17-21(23)22(27-26-17)20-12-15-7-5-6-8-19(15)31-20/h5-10,12,14,18,28H,4,11,13H2,1-3H3,(H,25,29)(H,26,27)/t18-/m1/s1. The topological polar surface area (TPSA) is 100 Å². The third-order valence-electron chi connectivity index (χ3n) is 5.36. The highest BCUT2D eigenvalue weighted by atomic mass is 16.5. The van der Waals surface area contributed by atoms with Crippen LogP contribution in [-0.4, -0.2) is 40.5 Å². The maximum atomic E-state index is 13.1. The lowest BCUT2D eigenvalue weighted by atomic mass is 10.0. The van der Waals surface area contributed by atoms with Gasteiger partial charge in [-0.2, -0.15) is 5.10 Å². The number of nitrogens with one attached hydrogen (secondary N) is 2. The number of hydrogen-bond donors (Lipinski definition) is 3. The van der Waals surface area contributed by atoms with Crippen LogP contribution >= 0.6 is 0 Å². The number of benzene rings is 2. The summed E-state index contributed by atoms with van der Waals surface area (Å²) in [6.07, 6.45) is 0.792. The van der Waals surface area contributed by atoms with Gasteiger partial charge in [0.05, 0.1) is 35.7 Å². The molecule has 2 heterocycles. The highest BCUT2D eigenvalue weighted by molar-refractivity contribution is 6.07. The summed E-state index contributed by atoms with van der Waals surface area (Å²) in [5.41, 5.74) is 2.52. The summed E-state index contributed by atoms with van der Waals surface area (Å²) >= 11 is 0. The molecular weight excluding hydrogens is 394 g/mol. The van der Waals surface area contributed by atoms with Crippen LogP contribution in [0.25, 0.3) is 33.3 Å². The molecule has 4 aromatic rings. The third kappa shape index (κ3) is 4.01. The number of hydrogen-bond acceptors (Lipinski definition) is 5. The van der Waals surface area contributed by atoms with Crippen molar-refractivity contribution in [3.05, 3.63) is 48.0 Å². The van der Waals surface area contributed by atoms with Gasteiger partial charge in [0.2, 0.25) is 0 Å². The van der Waals surface area contributed by atoms with Gasteiger partial charge < -0.3 is 19.6 Å². The van der Waals surface area contributed by atoms with E-state index in [1.54, 1.807) is 12.1 Å². The summed E-state index contributed by atoms with van der Waals surface area (Å²) in [5, 5.41) is 21.7. The Bertz CT molecular complexity index is 1180. The molecule has 0 unspecified atom stereocenters. The number of aliphatic hydroxyl groups is 1. The van der Waals surface area contributed by atoms with Gasteiger partial charge >= 0.3 is 0 Å². The zero-order chi connectivity index (χ0) is 22.0. The molecule has 0 saturated heterocycles. The molecule has 0 bridgehead atoms. The van der Waals surface area contributed by atoms with Gasteiger partial charge in [-0.05, 0) is 36.6 Å². The average Bonchev–Trinajstić information content (AvgIpc) is 3.39. The minimum Gasteiger partial charge on any atom is -0.492 e. The zero-order valence-corrected chi connectivity index (χ0v) is 17.9. The fourth-order valence-corrected chi connectivity index (χ4v) is 3.56. The van der Waals surface area contributed by atoms with Crippen molar-refractivity contribution < 1.29 is 19.1 Å². The molecule has 2 aromatic carbocycles. The molecule has 0 fully saturated rings. The van der Waals surface area contributed by atoms with Crippen molar-refractivity contribution in [1.82, 2.24) is 15.5 Å². The molecule has 31 heavy (non-hydrogen) atoms. The minimum atomic E-state index is -0.346. The van der Waals surface area contributed by atoms with Crippen molar-refractivity contribution in [3.8, 4) is 17.2 Å². The summed E-state index contributed by atoms with van der Waals surface area (Å²) in [7, 11) is 0. The predicted molar refractivity (Wildman–Crippen MR) is 120 cm³/mol. The molecule has 7 heteroatoms. The smallest absolute Gasteiger partial charge is 0.255 e. The van der Waals surface area contributed by atoms with Crippen LogP contribution in [0.4, 0.5) is 0 Å². The van der Waals surface area contributed by atoms with Gasteiger partial charge in [0, 0.05) is 5.39 Å². The molecule has 7 nitrogen and oxygen atoms in total. The van der Waals surface area contributed by atoms with Crippen LogP contribution in [0.1, 0.15) is 37.6 Å². The predicted octanol–water partition coefficient (Wildman–Crippen LogP) is 4.51. The Morgan fingerprint density at radius 3 is 2.77 bits per heavy atom. The zero-order valence-electron chi connectivity index (χ0n) is 17.9. The molecule has 0 aliphatic rings. The Kier molecular flexibility index (Phi) is 5.95. The largest absolute Gasteiger partial charge is 0.492 e. The number of para-hydroxylation sites is 1. The van der Waals surface area contributed by atoms with Crippen molar-refractivity contribution in [2.24, 2.45) is 5.92 Å². The maximum absolute atomic E-state index is 13.1. The van der Waals surface area contributed by atoms with Gasteiger partial charge in [0.15, 0.2) is 5.76 Å². The van der Waals surface area contributed by atoms with E-state index < -0.39 is 0 Å². The van der Waals surface area contributed by atoms with Crippen LogP contribution < -0.4 is 10.1 Å². The second-order valence-corrected chi connectivity index (χ2v) is 7.94. The number of aromatic amines is 1. The number of fused-ring (bicyclic) bond motifs is 2. The van der Waals surface area contributed by atoms with E-state index in [2.05, 4.69) is 15.5 Å². The summed E-state index contributed by atoms with van der Waals surface area (Å²) in [5.74, 6) is 0.884. The van der Waals surface area contributed by atoms with Gasteiger partial charge in [-0.15, -0.1) is 0 Å². The van der Waals surface area contributed by atoms with Crippen molar-refractivity contribution in [1.29, 1.82) is 0 Å². The van der Waals surface area contributed by atoms with Crippen LogP contribution in [-0.2, 0) is 0 Å². The summed E-state index contributed by atoms with van der Waals surface area (Å²) < 4.78 is 12.1. The van der Waals surface area contributed by atoms with Gasteiger partial charge in [-0.1, -0.05) is 39.0 Å². The van der Waals surface area contributed by atoms with Crippen LogP contribution in [0.5, 0.6) is 5.75 Å². The second kappa shape index (κ2) is 8.81. The van der Waals surface area contributed by atoms with E-state index in [4.69, 9.17) is 9.15 Å². The lowest BCUT2D eigenvalue weighted by Gasteiger charge is -2.21. The Labute approximate surface area is 180 Å². The first-order valence-electron chi connectivity index (χ1n) is 10.6. The highest BCUT2D eigenvalue weighted by Crippen LogP contribution is 2.38. The number of aliphatic hydroxyl groups excluding tert-OH is 1. The van der Waals surface area contributed by atoms with E-state index in [0.717, 1.165) is 17.4 Å². The molecule has 0 saturated carbocycles. The first-order chi connectivity index (χ1) is 15.0. The molecule has 0 radical (unpaired) electrons. The molecule has 4 rings (SSSR count). The molecule has 0 spiro atoms. The van der Waals surface area contributed by atoms with Gasteiger partial charge in [0.25, 0.3) is 5.91 Å². The number of carbonyl (C=O) groups excluding carboxylic acids is 1. The molecule has 3 N–H and O–H groups in total. The van der Waals surface area contributed by atoms with Crippen molar-refractivity contribution in [3.63, 3.8) is 0 Å². The van der Waals surface area contributed by atoms with Crippen LogP contribution in [0, 0.1) is 5.92 Å². The summed E-state index contributed by atoms with van der Waals surface area (Å²) in [6.45, 7) is 6.24. The van der Waals surface area contributed by atoms with E-state index in [-0.39, 0.29) is 24.5 Å². The monoisotopic (exact) mass is 421 g/mol. The molecule has 1 atom stereocenters. The summed E-state index contributed by atoms with van der Waals surface area (Å²) in [4.78, 5) is 13.1. The number of nitrogens with zero attached hydrogens (tertiary/aromatic N) is 1. The molecule has 0 aliphatic carbocycles. The number of aromatic nitrogens is 2. The molecule has 162 valence electrons. The van der Waals surface area contributed by atoms with E-state index in [9.17, 15) is 9.90 Å². The number of H-pyrrole nitrogens is 1. The lowest BCUT2D eigenvalue weighted by Crippen LogP contribution is -2.41. The third-order valence-corrected chi connectivity index (χ3v) is 5.36. The molecule has 2 aromatic heterocycles. The van der Waals surface area contributed by atoms with E-state index in [0.29, 0.717) is 40.3 Å². The van der Waals surface area contributed by atoms with Gasteiger partial charge in [-0.25, -0.2) is 0 Å². The lowest BCUT2D eigenvalue weighted by molar-refractivity contribution is 0.0893.